The monoisotopic (exact) mass is 332 g/mol. The maximum absolute atomic E-state index is 12.4. The summed E-state index contributed by atoms with van der Waals surface area (Å²) in [7, 11) is 0. The zero-order valence-corrected chi connectivity index (χ0v) is 14.4. The molecule has 0 radical (unpaired) electrons. The molecule has 124 valence electrons. The number of hydrogen-bond acceptors (Lipinski definition) is 4. The van der Waals surface area contributed by atoms with E-state index in [1.165, 1.54) is 17.7 Å². The first-order valence-electron chi connectivity index (χ1n) is 8.50. The summed E-state index contributed by atoms with van der Waals surface area (Å²) in [5.41, 5.74) is 1.65. The number of allylic oxidation sites excluding steroid dienone is 1. The second-order valence-corrected chi connectivity index (χ2v) is 7.47. The minimum absolute atomic E-state index is 0.221. The van der Waals surface area contributed by atoms with Crippen LogP contribution in [0.15, 0.2) is 35.2 Å². The van der Waals surface area contributed by atoms with Gasteiger partial charge in [-0.2, -0.15) is 0 Å². The average Bonchev–Trinajstić information content (AvgIpc) is 3.39. The van der Waals surface area contributed by atoms with Crippen molar-refractivity contribution in [2.75, 3.05) is 19.8 Å². The van der Waals surface area contributed by atoms with Crippen molar-refractivity contribution >= 4 is 23.3 Å². The number of rotatable bonds is 6. The van der Waals surface area contributed by atoms with E-state index in [0.717, 1.165) is 36.9 Å². The third kappa shape index (κ3) is 4.85. The van der Waals surface area contributed by atoms with Crippen LogP contribution < -0.4 is 0 Å². The number of carbonyl (C=O) groups excluding carboxylic acids is 1. The summed E-state index contributed by atoms with van der Waals surface area (Å²) in [6.45, 7) is 3.79. The van der Waals surface area contributed by atoms with E-state index < -0.39 is 0 Å². The molecule has 1 aromatic carbocycles. The fourth-order valence-corrected chi connectivity index (χ4v) is 3.75. The molecule has 3 nitrogen and oxygen atoms in total. The zero-order chi connectivity index (χ0) is 16.1. The summed E-state index contributed by atoms with van der Waals surface area (Å²) in [5, 5.41) is 0.795. The molecule has 0 unspecified atom stereocenters. The molecule has 0 bridgehead atoms. The number of ether oxygens (including phenoxy) is 2. The standard InChI is InChI=1S/C19H24O3S/c1-2-22-19(20)18(13-14-9-11-21-12-10-14)15-3-5-16(6-4-15)23-17-7-8-17/h3-6,13-14,17H,2,7-12H2,1H3. The van der Waals surface area contributed by atoms with E-state index in [0.29, 0.717) is 18.1 Å². The van der Waals surface area contributed by atoms with Gasteiger partial charge in [-0.15, -0.1) is 11.8 Å². The molecule has 0 atom stereocenters. The molecule has 1 heterocycles. The summed E-state index contributed by atoms with van der Waals surface area (Å²) in [6.07, 6.45) is 6.68. The molecule has 0 N–H and O–H groups in total. The molecule has 3 rings (SSSR count). The van der Waals surface area contributed by atoms with Gasteiger partial charge in [0.25, 0.3) is 0 Å². The maximum Gasteiger partial charge on any atom is 0.338 e. The van der Waals surface area contributed by atoms with Crippen molar-refractivity contribution in [3.05, 3.63) is 35.9 Å². The Balaban J connectivity index is 1.78. The van der Waals surface area contributed by atoms with Crippen molar-refractivity contribution in [3.63, 3.8) is 0 Å². The molecule has 0 amide bonds. The van der Waals surface area contributed by atoms with Crippen LogP contribution in [-0.4, -0.2) is 31.0 Å². The molecule has 4 heteroatoms. The molecule has 23 heavy (non-hydrogen) atoms. The van der Waals surface area contributed by atoms with Crippen LogP contribution in [0.25, 0.3) is 5.57 Å². The topological polar surface area (TPSA) is 35.5 Å². The number of esters is 1. The van der Waals surface area contributed by atoms with Crippen molar-refractivity contribution in [2.24, 2.45) is 5.92 Å². The van der Waals surface area contributed by atoms with Crippen molar-refractivity contribution in [1.82, 2.24) is 0 Å². The summed E-state index contributed by atoms with van der Waals surface area (Å²) in [4.78, 5) is 13.6. The highest BCUT2D eigenvalue weighted by Gasteiger charge is 2.23. The smallest absolute Gasteiger partial charge is 0.338 e. The van der Waals surface area contributed by atoms with Crippen LogP contribution in [0.5, 0.6) is 0 Å². The van der Waals surface area contributed by atoms with Gasteiger partial charge in [0.1, 0.15) is 0 Å². The minimum atomic E-state index is -0.221. The van der Waals surface area contributed by atoms with E-state index in [4.69, 9.17) is 9.47 Å². The molecule has 2 fully saturated rings. The quantitative estimate of drug-likeness (QED) is 0.574. The summed E-state index contributed by atoms with van der Waals surface area (Å²) < 4.78 is 10.7. The highest BCUT2D eigenvalue weighted by molar-refractivity contribution is 8.00. The average molecular weight is 332 g/mol. The third-order valence-corrected chi connectivity index (χ3v) is 5.51. The van der Waals surface area contributed by atoms with Gasteiger partial charge in [0.15, 0.2) is 0 Å². The van der Waals surface area contributed by atoms with Crippen molar-refractivity contribution in [2.45, 2.75) is 42.8 Å². The second kappa shape index (κ2) is 8.02. The fraction of sp³-hybridized carbons (Fsp3) is 0.526. The van der Waals surface area contributed by atoms with Crippen LogP contribution in [0, 0.1) is 5.92 Å². The van der Waals surface area contributed by atoms with Gasteiger partial charge >= 0.3 is 5.97 Å². The van der Waals surface area contributed by atoms with Crippen molar-refractivity contribution < 1.29 is 14.3 Å². The second-order valence-electron chi connectivity index (χ2n) is 6.09. The Morgan fingerprint density at radius 3 is 2.52 bits per heavy atom. The SMILES string of the molecule is CCOC(=O)C(=CC1CCOCC1)c1ccc(SC2CC2)cc1. The van der Waals surface area contributed by atoms with E-state index in [1.54, 1.807) is 0 Å². The number of thioether (sulfide) groups is 1. The fourth-order valence-electron chi connectivity index (χ4n) is 2.70. The van der Waals surface area contributed by atoms with Gasteiger partial charge in [0.05, 0.1) is 12.2 Å². The van der Waals surface area contributed by atoms with E-state index in [1.807, 2.05) is 30.8 Å². The Morgan fingerprint density at radius 1 is 1.22 bits per heavy atom. The van der Waals surface area contributed by atoms with Gasteiger partial charge in [-0.25, -0.2) is 4.79 Å². The minimum Gasteiger partial charge on any atom is -0.462 e. The van der Waals surface area contributed by atoms with E-state index in [-0.39, 0.29) is 5.97 Å². The van der Waals surface area contributed by atoms with Crippen LogP contribution >= 0.6 is 11.8 Å². The maximum atomic E-state index is 12.4. The van der Waals surface area contributed by atoms with E-state index >= 15 is 0 Å². The molecule has 1 saturated heterocycles. The Morgan fingerprint density at radius 2 is 1.91 bits per heavy atom. The Kier molecular flexibility index (Phi) is 5.79. The van der Waals surface area contributed by atoms with Crippen LogP contribution in [0.2, 0.25) is 0 Å². The predicted octanol–water partition coefficient (Wildman–Crippen LogP) is 4.31. The molecule has 0 spiro atoms. The van der Waals surface area contributed by atoms with E-state index in [2.05, 4.69) is 18.2 Å². The largest absolute Gasteiger partial charge is 0.462 e. The summed E-state index contributed by atoms with van der Waals surface area (Å²) >= 11 is 1.93. The first kappa shape index (κ1) is 16.6. The lowest BCUT2D eigenvalue weighted by Gasteiger charge is -2.20. The number of carbonyl (C=O) groups is 1. The molecule has 1 saturated carbocycles. The summed E-state index contributed by atoms with van der Waals surface area (Å²) in [5.74, 6) is 0.172. The van der Waals surface area contributed by atoms with Crippen molar-refractivity contribution in [1.29, 1.82) is 0 Å². The Hall–Kier alpha value is -1.26. The number of benzene rings is 1. The highest BCUT2D eigenvalue weighted by atomic mass is 32.2. The lowest BCUT2D eigenvalue weighted by molar-refractivity contribution is -0.136. The molecular weight excluding hydrogens is 308 g/mol. The molecule has 1 aromatic rings. The van der Waals surface area contributed by atoms with Crippen LogP contribution in [0.1, 0.15) is 38.2 Å². The molecule has 0 aromatic heterocycles. The van der Waals surface area contributed by atoms with Gasteiger partial charge in [0, 0.05) is 23.4 Å². The zero-order valence-electron chi connectivity index (χ0n) is 13.6. The van der Waals surface area contributed by atoms with Gasteiger partial charge in [0.2, 0.25) is 0 Å². The first-order valence-corrected chi connectivity index (χ1v) is 9.38. The summed E-state index contributed by atoms with van der Waals surface area (Å²) in [6, 6.07) is 8.34. The van der Waals surface area contributed by atoms with E-state index in [9.17, 15) is 4.79 Å². The van der Waals surface area contributed by atoms with Crippen LogP contribution in [0.4, 0.5) is 0 Å². The number of hydrogen-bond donors (Lipinski definition) is 0. The predicted molar refractivity (Wildman–Crippen MR) is 93.5 cm³/mol. The lowest BCUT2D eigenvalue weighted by atomic mass is 9.94. The lowest BCUT2D eigenvalue weighted by Crippen LogP contribution is -2.16. The van der Waals surface area contributed by atoms with Crippen LogP contribution in [-0.2, 0) is 14.3 Å². The van der Waals surface area contributed by atoms with Gasteiger partial charge in [-0.1, -0.05) is 18.2 Å². The van der Waals surface area contributed by atoms with Gasteiger partial charge in [-0.05, 0) is 56.2 Å². The molecule has 2 aliphatic rings. The molecule has 1 aliphatic heterocycles. The van der Waals surface area contributed by atoms with Gasteiger partial charge < -0.3 is 9.47 Å². The molecule has 1 aliphatic carbocycles. The Bertz CT molecular complexity index is 554. The van der Waals surface area contributed by atoms with Crippen LogP contribution in [0.3, 0.4) is 0 Å². The third-order valence-electron chi connectivity index (χ3n) is 4.16. The van der Waals surface area contributed by atoms with Gasteiger partial charge in [-0.3, -0.25) is 0 Å². The molecular formula is C19H24O3S. The van der Waals surface area contributed by atoms with Crippen molar-refractivity contribution in [3.8, 4) is 0 Å². The highest BCUT2D eigenvalue weighted by Crippen LogP contribution is 2.39. The first-order chi connectivity index (χ1) is 11.3. The normalized spacial score (nSPS) is 19.6. The Labute approximate surface area is 142 Å².